The lowest BCUT2D eigenvalue weighted by atomic mass is 10.2. The molecule has 0 aliphatic heterocycles. The van der Waals surface area contributed by atoms with Gasteiger partial charge in [0, 0.05) is 0 Å². The fourth-order valence-corrected chi connectivity index (χ4v) is 2.00. The van der Waals surface area contributed by atoms with Crippen molar-refractivity contribution < 1.29 is 4.43 Å². The van der Waals surface area contributed by atoms with Gasteiger partial charge in [-0.05, 0) is 38.1 Å². The molecule has 1 nitrogen and oxygen atoms in total. The molecule has 14 heavy (non-hydrogen) atoms. The van der Waals surface area contributed by atoms with Gasteiger partial charge in [-0.1, -0.05) is 32.9 Å². The van der Waals surface area contributed by atoms with Crippen LogP contribution in [0.3, 0.4) is 0 Å². The highest BCUT2D eigenvalue weighted by atomic mass is 28.4. The summed E-state index contributed by atoms with van der Waals surface area (Å²) in [4.78, 5) is 0. The Kier molecular flexibility index (Phi) is 4.65. The van der Waals surface area contributed by atoms with Crippen molar-refractivity contribution in [3.05, 3.63) is 24.0 Å². The third-order valence-electron chi connectivity index (χ3n) is 2.75. The van der Waals surface area contributed by atoms with Crippen molar-refractivity contribution in [2.45, 2.75) is 52.8 Å². The van der Waals surface area contributed by atoms with Gasteiger partial charge in [0.2, 0.25) is 8.32 Å². The summed E-state index contributed by atoms with van der Waals surface area (Å²) in [5.74, 6) is 1.02. The van der Waals surface area contributed by atoms with Crippen LogP contribution in [-0.4, -0.2) is 8.32 Å². The minimum Gasteiger partial charge on any atom is -0.547 e. The maximum Gasteiger partial charge on any atom is 0.250 e. The molecule has 0 unspecified atom stereocenters. The minimum absolute atomic E-state index is 0.276. The minimum atomic E-state index is -1.62. The molecular formula is C12H24OSi. The van der Waals surface area contributed by atoms with Crippen LogP contribution in [0.15, 0.2) is 24.0 Å². The van der Waals surface area contributed by atoms with Crippen LogP contribution in [-0.2, 0) is 4.43 Å². The Hall–Kier alpha value is -0.503. The Bertz CT molecular complexity index is 231. The molecule has 0 aliphatic carbocycles. The summed E-state index contributed by atoms with van der Waals surface area (Å²) in [6, 6.07) is 0. The van der Waals surface area contributed by atoms with E-state index in [0.717, 1.165) is 5.76 Å². The molecule has 0 aromatic rings. The predicted octanol–water partition coefficient (Wildman–Crippen LogP) is 4.49. The van der Waals surface area contributed by atoms with Crippen molar-refractivity contribution in [1.82, 2.24) is 0 Å². The second kappa shape index (κ2) is 4.83. The van der Waals surface area contributed by atoms with E-state index in [-0.39, 0.29) is 5.04 Å². The standard InChI is InChI=1S/C12H24OSi/c1-8-9-10-11(2)13-14(6,7)12(3,4)5/h8-10H,1-7H3/b9-8-,11-10-. The largest absolute Gasteiger partial charge is 0.547 e. The summed E-state index contributed by atoms with van der Waals surface area (Å²) in [5, 5.41) is 0.276. The molecule has 0 rings (SSSR count). The zero-order valence-corrected chi connectivity index (χ0v) is 11.6. The average Bonchev–Trinajstić information content (AvgIpc) is 1.97. The van der Waals surface area contributed by atoms with E-state index < -0.39 is 8.32 Å². The van der Waals surface area contributed by atoms with Crippen molar-refractivity contribution in [2.75, 3.05) is 0 Å². The topological polar surface area (TPSA) is 9.23 Å². The summed E-state index contributed by atoms with van der Waals surface area (Å²) < 4.78 is 6.05. The van der Waals surface area contributed by atoms with Gasteiger partial charge < -0.3 is 4.43 Å². The normalized spacial score (nSPS) is 14.9. The average molecular weight is 212 g/mol. The van der Waals surface area contributed by atoms with Gasteiger partial charge in [-0.25, -0.2) is 0 Å². The molecule has 0 saturated carbocycles. The number of hydrogen-bond acceptors (Lipinski definition) is 1. The lowest BCUT2D eigenvalue weighted by Crippen LogP contribution is -2.40. The van der Waals surface area contributed by atoms with Gasteiger partial charge in [0.1, 0.15) is 0 Å². The molecule has 0 spiro atoms. The molecule has 2 heteroatoms. The second-order valence-electron chi connectivity index (χ2n) is 5.17. The molecule has 0 aromatic carbocycles. The molecule has 0 amide bonds. The fourth-order valence-electron chi connectivity index (χ4n) is 0.821. The molecule has 0 aromatic heterocycles. The fraction of sp³-hybridized carbons (Fsp3) is 0.667. The van der Waals surface area contributed by atoms with E-state index in [2.05, 4.69) is 33.9 Å². The molecule has 0 N–H and O–H groups in total. The van der Waals surface area contributed by atoms with Crippen molar-refractivity contribution in [3.63, 3.8) is 0 Å². The molecule has 82 valence electrons. The van der Waals surface area contributed by atoms with Crippen LogP contribution in [0, 0.1) is 0 Å². The molecule has 0 atom stereocenters. The van der Waals surface area contributed by atoms with Gasteiger partial charge >= 0.3 is 0 Å². The van der Waals surface area contributed by atoms with E-state index in [0.29, 0.717) is 0 Å². The Labute approximate surface area is 90.0 Å². The van der Waals surface area contributed by atoms with Crippen LogP contribution in [0.2, 0.25) is 18.1 Å². The highest BCUT2D eigenvalue weighted by Gasteiger charge is 2.38. The first kappa shape index (κ1) is 13.5. The molecule has 0 aliphatic rings. The van der Waals surface area contributed by atoms with Crippen LogP contribution < -0.4 is 0 Å². The molecule has 0 radical (unpaired) electrons. The zero-order chi connectivity index (χ0) is 11.4. The van der Waals surface area contributed by atoms with Crippen molar-refractivity contribution in [2.24, 2.45) is 0 Å². The zero-order valence-electron chi connectivity index (χ0n) is 10.6. The van der Waals surface area contributed by atoms with Crippen LogP contribution >= 0.6 is 0 Å². The first-order valence-corrected chi connectivity index (χ1v) is 8.10. The van der Waals surface area contributed by atoms with E-state index in [4.69, 9.17) is 4.43 Å². The summed E-state index contributed by atoms with van der Waals surface area (Å²) >= 11 is 0. The monoisotopic (exact) mass is 212 g/mol. The summed E-state index contributed by atoms with van der Waals surface area (Å²) in [7, 11) is -1.62. The third kappa shape index (κ3) is 4.14. The van der Waals surface area contributed by atoms with Gasteiger partial charge in [-0.3, -0.25) is 0 Å². The third-order valence-corrected chi connectivity index (χ3v) is 7.19. The lowest BCUT2D eigenvalue weighted by Gasteiger charge is -2.36. The van der Waals surface area contributed by atoms with Gasteiger partial charge in [-0.15, -0.1) is 0 Å². The SMILES string of the molecule is C/C=C\C=C(\C)O[Si](C)(C)C(C)(C)C. The second-order valence-corrected chi connectivity index (χ2v) is 9.89. The van der Waals surface area contributed by atoms with Gasteiger partial charge in [0.15, 0.2) is 0 Å². The maximum absolute atomic E-state index is 6.05. The van der Waals surface area contributed by atoms with E-state index in [9.17, 15) is 0 Å². The Morgan fingerprint density at radius 3 is 2.07 bits per heavy atom. The Balaban J connectivity index is 4.52. The first-order chi connectivity index (χ1) is 6.20. The number of hydrogen-bond donors (Lipinski definition) is 0. The number of allylic oxidation sites excluding steroid dienone is 4. The van der Waals surface area contributed by atoms with E-state index in [1.165, 1.54) is 0 Å². The summed E-state index contributed by atoms with van der Waals surface area (Å²) in [5.41, 5.74) is 0. The van der Waals surface area contributed by atoms with Crippen LogP contribution in [0.5, 0.6) is 0 Å². The predicted molar refractivity (Wildman–Crippen MR) is 66.9 cm³/mol. The van der Waals surface area contributed by atoms with Crippen LogP contribution in [0.1, 0.15) is 34.6 Å². The number of rotatable bonds is 3. The molecule has 0 heterocycles. The first-order valence-electron chi connectivity index (χ1n) is 5.19. The van der Waals surface area contributed by atoms with Gasteiger partial charge in [-0.2, -0.15) is 0 Å². The van der Waals surface area contributed by atoms with Crippen LogP contribution in [0.25, 0.3) is 0 Å². The van der Waals surface area contributed by atoms with Gasteiger partial charge in [0.05, 0.1) is 5.76 Å². The summed E-state index contributed by atoms with van der Waals surface area (Å²) in [6.45, 7) is 15.3. The van der Waals surface area contributed by atoms with Gasteiger partial charge in [0.25, 0.3) is 0 Å². The maximum atomic E-state index is 6.05. The highest BCUT2D eigenvalue weighted by molar-refractivity contribution is 6.74. The smallest absolute Gasteiger partial charge is 0.250 e. The molecule has 0 bridgehead atoms. The van der Waals surface area contributed by atoms with Crippen molar-refractivity contribution in [3.8, 4) is 0 Å². The van der Waals surface area contributed by atoms with E-state index in [1.807, 2.05) is 32.1 Å². The van der Waals surface area contributed by atoms with Crippen molar-refractivity contribution in [1.29, 1.82) is 0 Å². The highest BCUT2D eigenvalue weighted by Crippen LogP contribution is 2.37. The quantitative estimate of drug-likeness (QED) is 0.380. The van der Waals surface area contributed by atoms with E-state index in [1.54, 1.807) is 0 Å². The molecule has 0 saturated heterocycles. The van der Waals surface area contributed by atoms with Crippen molar-refractivity contribution >= 4 is 8.32 Å². The molecular weight excluding hydrogens is 188 g/mol. The Morgan fingerprint density at radius 2 is 1.71 bits per heavy atom. The Morgan fingerprint density at radius 1 is 1.21 bits per heavy atom. The summed E-state index contributed by atoms with van der Waals surface area (Å²) in [6.07, 6.45) is 6.06. The van der Waals surface area contributed by atoms with E-state index >= 15 is 0 Å². The lowest BCUT2D eigenvalue weighted by molar-refractivity contribution is 0.386. The molecule has 0 fully saturated rings. The van der Waals surface area contributed by atoms with Crippen LogP contribution in [0.4, 0.5) is 0 Å².